The molecule has 0 saturated carbocycles. The number of carbonyl (C=O) groups excluding carboxylic acids is 1. The minimum absolute atomic E-state index is 0.0947. The predicted molar refractivity (Wildman–Crippen MR) is 108 cm³/mol. The maximum Gasteiger partial charge on any atom is 0.244 e. The molecule has 158 valence electrons. The number of amides is 1. The largest absolute Gasteiger partial charge is 0.354 e. The van der Waals surface area contributed by atoms with Crippen molar-refractivity contribution >= 4 is 15.9 Å². The first kappa shape index (κ1) is 23.0. The van der Waals surface area contributed by atoms with Gasteiger partial charge in [-0.05, 0) is 29.7 Å². The Kier molecular flexibility index (Phi) is 7.13. The maximum absolute atomic E-state index is 14.1. The number of benzene rings is 2. The van der Waals surface area contributed by atoms with E-state index in [2.05, 4.69) is 10.0 Å². The number of rotatable bonds is 8. The Labute approximate surface area is 170 Å². The van der Waals surface area contributed by atoms with Crippen molar-refractivity contribution in [3.8, 4) is 0 Å². The molecule has 0 bridgehead atoms. The fourth-order valence-electron chi connectivity index (χ4n) is 2.91. The molecule has 0 aliphatic heterocycles. The van der Waals surface area contributed by atoms with E-state index in [-0.39, 0.29) is 12.4 Å². The second kappa shape index (κ2) is 9.00. The quantitative estimate of drug-likeness (QED) is 0.682. The topological polar surface area (TPSA) is 75.3 Å². The molecule has 0 radical (unpaired) electrons. The van der Waals surface area contributed by atoms with Crippen molar-refractivity contribution in [2.45, 2.75) is 44.0 Å². The minimum atomic E-state index is -4.24. The molecule has 0 spiro atoms. The van der Waals surface area contributed by atoms with Crippen LogP contribution in [0, 0.1) is 17.6 Å². The van der Waals surface area contributed by atoms with Gasteiger partial charge in [-0.1, -0.05) is 58.0 Å². The summed E-state index contributed by atoms with van der Waals surface area (Å²) < 4.78 is 55.4. The van der Waals surface area contributed by atoms with E-state index in [0.717, 1.165) is 12.1 Å². The Morgan fingerprint density at radius 1 is 1.00 bits per heavy atom. The highest BCUT2D eigenvalue weighted by molar-refractivity contribution is 7.89. The van der Waals surface area contributed by atoms with Crippen molar-refractivity contribution in [3.63, 3.8) is 0 Å². The van der Waals surface area contributed by atoms with Crippen LogP contribution in [0.3, 0.4) is 0 Å². The molecule has 1 atom stereocenters. The van der Waals surface area contributed by atoms with Crippen LogP contribution < -0.4 is 10.0 Å². The molecule has 1 amide bonds. The summed E-state index contributed by atoms with van der Waals surface area (Å²) in [5.74, 6) is -2.24. The molecule has 0 aliphatic carbocycles. The zero-order chi connectivity index (χ0) is 21.8. The third kappa shape index (κ3) is 5.61. The number of halogens is 2. The van der Waals surface area contributed by atoms with Gasteiger partial charge in [-0.3, -0.25) is 4.79 Å². The molecule has 29 heavy (non-hydrogen) atoms. The van der Waals surface area contributed by atoms with E-state index in [1.165, 1.54) is 18.2 Å². The normalized spacial score (nSPS) is 13.3. The Morgan fingerprint density at radius 2 is 1.55 bits per heavy atom. The molecule has 8 heteroatoms. The number of hydrogen-bond acceptors (Lipinski definition) is 3. The summed E-state index contributed by atoms with van der Waals surface area (Å²) in [7, 11) is -4.24. The summed E-state index contributed by atoms with van der Waals surface area (Å²) >= 11 is 0. The lowest BCUT2D eigenvalue weighted by Gasteiger charge is -2.28. The Balaban J connectivity index is 2.16. The van der Waals surface area contributed by atoms with Gasteiger partial charge in [-0.25, -0.2) is 17.2 Å². The molecule has 0 aromatic heterocycles. The Bertz CT molecular complexity index is 975. The third-order valence-corrected chi connectivity index (χ3v) is 6.14. The van der Waals surface area contributed by atoms with Crippen LogP contribution in [0.5, 0.6) is 0 Å². The Morgan fingerprint density at radius 3 is 2.10 bits per heavy atom. The fourth-order valence-corrected chi connectivity index (χ4v) is 4.33. The van der Waals surface area contributed by atoms with Crippen LogP contribution in [0.4, 0.5) is 8.78 Å². The van der Waals surface area contributed by atoms with Gasteiger partial charge in [0, 0.05) is 12.0 Å². The van der Waals surface area contributed by atoms with Gasteiger partial charge in [0.2, 0.25) is 15.9 Å². The summed E-state index contributed by atoms with van der Waals surface area (Å²) in [6.07, 6.45) is 0. The van der Waals surface area contributed by atoms with Gasteiger partial charge in [0.1, 0.15) is 22.6 Å². The summed E-state index contributed by atoms with van der Waals surface area (Å²) in [5, 5.41) is 2.69. The lowest BCUT2D eigenvalue weighted by molar-refractivity contribution is -0.123. The molecule has 0 unspecified atom stereocenters. The van der Waals surface area contributed by atoms with E-state index in [0.29, 0.717) is 5.56 Å². The second-order valence-electron chi connectivity index (χ2n) is 7.85. The molecular formula is C21H26F2N2O3S. The lowest BCUT2D eigenvalue weighted by Crippen LogP contribution is -2.51. The molecule has 0 heterocycles. The maximum atomic E-state index is 14.1. The molecule has 2 N–H and O–H groups in total. The fraction of sp³-hybridized carbons (Fsp3) is 0.381. The van der Waals surface area contributed by atoms with E-state index >= 15 is 0 Å². The summed E-state index contributed by atoms with van der Waals surface area (Å²) in [6.45, 7) is 7.00. The average Bonchev–Trinajstić information content (AvgIpc) is 2.64. The molecule has 2 aromatic carbocycles. The zero-order valence-corrected chi connectivity index (χ0v) is 17.7. The van der Waals surface area contributed by atoms with Gasteiger partial charge in [0.25, 0.3) is 0 Å². The van der Waals surface area contributed by atoms with Crippen LogP contribution in [0.2, 0.25) is 0 Å². The molecule has 0 aliphatic rings. The molecular weight excluding hydrogens is 398 g/mol. The van der Waals surface area contributed by atoms with Crippen LogP contribution in [0.25, 0.3) is 0 Å². The van der Waals surface area contributed by atoms with Crippen LogP contribution in [0.1, 0.15) is 33.3 Å². The van der Waals surface area contributed by atoms with Crippen LogP contribution >= 0.6 is 0 Å². The highest BCUT2D eigenvalue weighted by Crippen LogP contribution is 2.25. The predicted octanol–water partition coefficient (Wildman–Crippen LogP) is 3.36. The van der Waals surface area contributed by atoms with Gasteiger partial charge in [-0.2, -0.15) is 4.72 Å². The van der Waals surface area contributed by atoms with Gasteiger partial charge in [0.05, 0.1) is 0 Å². The number of nitrogens with one attached hydrogen (secondary N) is 2. The van der Waals surface area contributed by atoms with Gasteiger partial charge < -0.3 is 5.32 Å². The average molecular weight is 425 g/mol. The van der Waals surface area contributed by atoms with Crippen molar-refractivity contribution in [1.82, 2.24) is 10.0 Å². The first-order chi connectivity index (χ1) is 13.5. The van der Waals surface area contributed by atoms with Gasteiger partial charge >= 0.3 is 0 Å². The van der Waals surface area contributed by atoms with Crippen molar-refractivity contribution < 1.29 is 22.0 Å². The number of hydrogen-bond donors (Lipinski definition) is 2. The van der Waals surface area contributed by atoms with Gasteiger partial charge in [-0.15, -0.1) is 0 Å². The molecule has 0 saturated heterocycles. The smallest absolute Gasteiger partial charge is 0.244 e. The minimum Gasteiger partial charge on any atom is -0.354 e. The summed E-state index contributed by atoms with van der Waals surface area (Å²) in [4.78, 5) is 12.2. The molecule has 2 aromatic rings. The van der Waals surface area contributed by atoms with E-state index in [1.54, 1.807) is 45.9 Å². The standard InChI is InChI=1S/C21H26F2N2O3S/c1-14(2)19(25-29(27,28)18-12-8-7-11-17(18)23)20(26)24-13-21(3,4)15-9-5-6-10-16(15)22/h5-12,14,19,25H,13H2,1-4H3,(H,24,26)/t19-/m0/s1. The third-order valence-electron chi connectivity index (χ3n) is 4.66. The summed E-state index contributed by atoms with van der Waals surface area (Å²) in [6, 6.07) is 10.1. The highest BCUT2D eigenvalue weighted by atomic mass is 32.2. The van der Waals surface area contributed by atoms with Crippen molar-refractivity contribution in [2.24, 2.45) is 5.92 Å². The van der Waals surface area contributed by atoms with Crippen molar-refractivity contribution in [1.29, 1.82) is 0 Å². The van der Waals surface area contributed by atoms with Crippen molar-refractivity contribution in [2.75, 3.05) is 6.54 Å². The highest BCUT2D eigenvalue weighted by Gasteiger charge is 2.31. The molecule has 5 nitrogen and oxygen atoms in total. The van der Waals surface area contributed by atoms with E-state index in [4.69, 9.17) is 0 Å². The number of sulfonamides is 1. The van der Waals surface area contributed by atoms with Crippen LogP contribution in [-0.2, 0) is 20.2 Å². The van der Waals surface area contributed by atoms with E-state index < -0.39 is 44.0 Å². The van der Waals surface area contributed by atoms with Crippen LogP contribution in [-0.4, -0.2) is 26.9 Å². The zero-order valence-electron chi connectivity index (χ0n) is 16.9. The summed E-state index contributed by atoms with van der Waals surface area (Å²) in [5.41, 5.74) is -0.277. The molecule has 0 fully saturated rings. The first-order valence-electron chi connectivity index (χ1n) is 9.25. The monoisotopic (exact) mass is 424 g/mol. The Hall–Kier alpha value is -2.32. The van der Waals surface area contributed by atoms with Crippen LogP contribution in [0.15, 0.2) is 53.4 Å². The molecule has 2 rings (SSSR count). The van der Waals surface area contributed by atoms with Gasteiger partial charge in [0.15, 0.2) is 0 Å². The van der Waals surface area contributed by atoms with E-state index in [1.807, 2.05) is 0 Å². The second-order valence-corrected chi connectivity index (χ2v) is 9.54. The number of carbonyl (C=O) groups is 1. The first-order valence-corrected chi connectivity index (χ1v) is 10.7. The lowest BCUT2D eigenvalue weighted by atomic mass is 9.84. The van der Waals surface area contributed by atoms with Crippen molar-refractivity contribution in [3.05, 3.63) is 65.7 Å². The SMILES string of the molecule is CC(C)[C@H](NS(=O)(=O)c1ccccc1F)C(=O)NCC(C)(C)c1ccccc1F. The van der Waals surface area contributed by atoms with E-state index in [9.17, 15) is 22.0 Å².